The maximum atomic E-state index is 11.9. The van der Waals surface area contributed by atoms with Crippen LogP contribution in [-0.4, -0.2) is 19.3 Å². The normalized spacial score (nSPS) is 11.1. The molecule has 0 aliphatic heterocycles. The fourth-order valence-corrected chi connectivity index (χ4v) is 1.75. The van der Waals surface area contributed by atoms with E-state index in [0.29, 0.717) is 6.54 Å². The summed E-state index contributed by atoms with van der Waals surface area (Å²) in [5, 5.41) is 4.15. The zero-order chi connectivity index (χ0) is 12.4. The molecule has 0 saturated heterocycles. The van der Waals surface area contributed by atoms with Crippen molar-refractivity contribution in [1.29, 1.82) is 0 Å². The third-order valence-electron chi connectivity index (χ3n) is 2.66. The predicted octanol–water partition coefficient (Wildman–Crippen LogP) is 1.38. The van der Waals surface area contributed by atoms with Crippen molar-refractivity contribution >= 4 is 0 Å². The van der Waals surface area contributed by atoms with Crippen LogP contribution in [0.15, 0.2) is 29.5 Å². The molecule has 5 nitrogen and oxygen atoms in total. The molecule has 2 aromatic heterocycles. The monoisotopic (exact) mass is 232 g/mol. The van der Waals surface area contributed by atoms with Gasteiger partial charge in [0.15, 0.2) is 0 Å². The molecule has 0 aliphatic carbocycles. The van der Waals surface area contributed by atoms with Crippen LogP contribution in [-0.2, 0) is 6.54 Å². The van der Waals surface area contributed by atoms with Crippen LogP contribution in [0.3, 0.4) is 0 Å². The van der Waals surface area contributed by atoms with Crippen LogP contribution in [0.25, 0.3) is 0 Å². The van der Waals surface area contributed by atoms with Gasteiger partial charge in [0.2, 0.25) is 0 Å². The van der Waals surface area contributed by atoms with Gasteiger partial charge in [-0.05, 0) is 26.8 Å². The van der Waals surface area contributed by atoms with Crippen molar-refractivity contribution in [1.82, 2.24) is 19.3 Å². The summed E-state index contributed by atoms with van der Waals surface area (Å²) in [5.74, 6) is 0.799. The highest BCUT2D eigenvalue weighted by Gasteiger charge is 2.09. The molecule has 0 radical (unpaired) electrons. The first-order valence-electron chi connectivity index (χ1n) is 5.64. The molecule has 5 heteroatoms. The lowest BCUT2D eigenvalue weighted by Crippen LogP contribution is -2.23. The van der Waals surface area contributed by atoms with Crippen LogP contribution in [0.2, 0.25) is 0 Å². The van der Waals surface area contributed by atoms with Crippen molar-refractivity contribution in [2.45, 2.75) is 33.4 Å². The first-order chi connectivity index (χ1) is 8.09. The van der Waals surface area contributed by atoms with E-state index in [9.17, 15) is 4.79 Å². The van der Waals surface area contributed by atoms with Crippen molar-refractivity contribution in [3.8, 4) is 0 Å². The van der Waals surface area contributed by atoms with Crippen molar-refractivity contribution < 1.29 is 0 Å². The summed E-state index contributed by atoms with van der Waals surface area (Å²) in [6, 6.07) is 3.92. The smallest absolute Gasteiger partial charge is 0.253 e. The number of nitrogens with zero attached hydrogens (tertiary/aromatic N) is 4. The second-order valence-corrected chi connectivity index (χ2v) is 4.34. The Balaban J connectivity index is 2.35. The van der Waals surface area contributed by atoms with Gasteiger partial charge in [0.05, 0.1) is 6.54 Å². The van der Waals surface area contributed by atoms with E-state index < -0.39 is 0 Å². The molecule has 2 rings (SSSR count). The number of pyridine rings is 1. The molecular formula is C12H16N4O. The standard InChI is InChI=1S/C12H16N4O/c1-9(2)16-11(13-8-14-16)7-15-6-4-5-10(3)12(15)17/h4-6,8-9H,7H2,1-3H3. The summed E-state index contributed by atoms with van der Waals surface area (Å²) in [7, 11) is 0. The van der Waals surface area contributed by atoms with E-state index in [1.54, 1.807) is 10.8 Å². The molecule has 0 saturated carbocycles. The number of hydrogen-bond acceptors (Lipinski definition) is 3. The fourth-order valence-electron chi connectivity index (χ4n) is 1.75. The number of rotatable bonds is 3. The molecule has 0 N–H and O–H groups in total. The molecule has 0 aromatic carbocycles. The zero-order valence-electron chi connectivity index (χ0n) is 10.3. The third-order valence-corrected chi connectivity index (χ3v) is 2.66. The van der Waals surface area contributed by atoms with E-state index in [1.165, 1.54) is 6.33 Å². The third kappa shape index (κ3) is 2.27. The highest BCUT2D eigenvalue weighted by Crippen LogP contribution is 2.06. The van der Waals surface area contributed by atoms with E-state index in [-0.39, 0.29) is 11.6 Å². The van der Waals surface area contributed by atoms with Gasteiger partial charge in [-0.15, -0.1) is 0 Å². The summed E-state index contributed by atoms with van der Waals surface area (Å²) >= 11 is 0. The van der Waals surface area contributed by atoms with Gasteiger partial charge in [0.25, 0.3) is 5.56 Å². The minimum absolute atomic E-state index is 0.0193. The van der Waals surface area contributed by atoms with E-state index >= 15 is 0 Å². The van der Waals surface area contributed by atoms with E-state index in [0.717, 1.165) is 11.4 Å². The molecule has 0 unspecified atom stereocenters. The average molecular weight is 232 g/mol. The van der Waals surface area contributed by atoms with Gasteiger partial charge in [-0.2, -0.15) is 5.10 Å². The van der Waals surface area contributed by atoms with Crippen LogP contribution in [0.5, 0.6) is 0 Å². The van der Waals surface area contributed by atoms with Crippen LogP contribution in [0, 0.1) is 6.92 Å². The van der Waals surface area contributed by atoms with Crippen molar-refractivity contribution in [3.05, 3.63) is 46.4 Å². The summed E-state index contributed by atoms with van der Waals surface area (Å²) in [4.78, 5) is 16.1. The molecule has 0 fully saturated rings. The number of aryl methyl sites for hydroxylation is 1. The minimum atomic E-state index is 0.0193. The van der Waals surface area contributed by atoms with Crippen molar-refractivity contribution in [3.63, 3.8) is 0 Å². The van der Waals surface area contributed by atoms with Crippen molar-refractivity contribution in [2.24, 2.45) is 0 Å². The Morgan fingerprint density at radius 1 is 1.41 bits per heavy atom. The molecule has 0 bridgehead atoms. The van der Waals surface area contributed by atoms with Gasteiger partial charge in [0.1, 0.15) is 12.2 Å². The predicted molar refractivity (Wildman–Crippen MR) is 64.9 cm³/mol. The molecule has 17 heavy (non-hydrogen) atoms. The highest BCUT2D eigenvalue weighted by atomic mass is 16.1. The second kappa shape index (κ2) is 4.53. The molecule has 90 valence electrons. The lowest BCUT2D eigenvalue weighted by atomic mass is 10.3. The van der Waals surface area contributed by atoms with Crippen molar-refractivity contribution in [2.75, 3.05) is 0 Å². The van der Waals surface area contributed by atoms with Gasteiger partial charge >= 0.3 is 0 Å². The minimum Gasteiger partial charge on any atom is -0.308 e. The van der Waals surface area contributed by atoms with Crippen LogP contribution in [0.1, 0.15) is 31.3 Å². The lowest BCUT2D eigenvalue weighted by molar-refractivity contribution is 0.494. The first-order valence-corrected chi connectivity index (χ1v) is 5.64. The Labute approximate surface area is 99.7 Å². The van der Waals surface area contributed by atoms with Crippen LogP contribution < -0.4 is 5.56 Å². The topological polar surface area (TPSA) is 52.7 Å². The summed E-state index contributed by atoms with van der Waals surface area (Å²) < 4.78 is 3.48. The van der Waals surface area contributed by atoms with E-state index in [2.05, 4.69) is 10.1 Å². The average Bonchev–Trinajstić information content (AvgIpc) is 2.73. The molecular weight excluding hydrogens is 216 g/mol. The second-order valence-electron chi connectivity index (χ2n) is 4.34. The Morgan fingerprint density at radius 3 is 2.88 bits per heavy atom. The molecule has 0 amide bonds. The number of hydrogen-bond donors (Lipinski definition) is 0. The maximum Gasteiger partial charge on any atom is 0.253 e. The fraction of sp³-hybridized carbons (Fsp3) is 0.417. The zero-order valence-corrected chi connectivity index (χ0v) is 10.3. The lowest BCUT2D eigenvalue weighted by Gasteiger charge is -2.10. The van der Waals surface area contributed by atoms with E-state index in [1.807, 2.05) is 37.6 Å². The summed E-state index contributed by atoms with van der Waals surface area (Å²) in [6.07, 6.45) is 3.30. The SMILES string of the molecule is Cc1cccn(Cc2ncnn2C(C)C)c1=O. The quantitative estimate of drug-likeness (QED) is 0.803. The van der Waals surface area contributed by atoms with Gasteiger partial charge < -0.3 is 4.57 Å². The molecule has 0 aliphatic rings. The molecule has 0 spiro atoms. The molecule has 2 aromatic rings. The van der Waals surface area contributed by atoms with E-state index in [4.69, 9.17) is 0 Å². The summed E-state index contributed by atoms with van der Waals surface area (Å²) in [6.45, 7) is 6.35. The van der Waals surface area contributed by atoms with Gasteiger partial charge in [-0.1, -0.05) is 6.07 Å². The number of aromatic nitrogens is 4. The van der Waals surface area contributed by atoms with Gasteiger partial charge in [0, 0.05) is 17.8 Å². The Hall–Kier alpha value is -1.91. The Morgan fingerprint density at radius 2 is 2.18 bits per heavy atom. The van der Waals surface area contributed by atoms with Gasteiger partial charge in [-0.3, -0.25) is 4.79 Å². The summed E-state index contributed by atoms with van der Waals surface area (Å²) in [5.41, 5.74) is 0.758. The molecule has 0 atom stereocenters. The maximum absolute atomic E-state index is 11.9. The van der Waals surface area contributed by atoms with Crippen LogP contribution >= 0.6 is 0 Å². The first kappa shape index (κ1) is 11.6. The molecule has 2 heterocycles. The Bertz CT molecular complexity index is 568. The largest absolute Gasteiger partial charge is 0.308 e. The highest BCUT2D eigenvalue weighted by molar-refractivity contribution is 5.08. The van der Waals surface area contributed by atoms with Gasteiger partial charge in [-0.25, -0.2) is 9.67 Å². The Kier molecular flexibility index (Phi) is 3.08. The van der Waals surface area contributed by atoms with Crippen LogP contribution in [0.4, 0.5) is 0 Å².